The number of carbonyl (C=O) groups excluding carboxylic acids is 2. The molecule has 2 N–H and O–H groups in total. The molecule has 7 heteroatoms. The standard InChI is InChI=1S/C17H15N3O3S/c21-15-14(10-18-9-13-7-4-8-23-13)16(22)20(17(24)19-15)11-12-5-2-1-3-6-12/h1-8,10,14H,9,11H2,(H,19,21,24)/p+1/t14-/m1/s1. The van der Waals surface area contributed by atoms with E-state index in [1.165, 1.54) is 11.1 Å². The smallest absolute Gasteiger partial charge is 0.251 e. The number of benzene rings is 1. The van der Waals surface area contributed by atoms with Gasteiger partial charge in [-0.05, 0) is 29.9 Å². The van der Waals surface area contributed by atoms with Gasteiger partial charge in [-0.1, -0.05) is 30.3 Å². The number of nitrogens with one attached hydrogen (secondary N) is 2. The largest absolute Gasteiger partial charge is 0.463 e. The first-order chi connectivity index (χ1) is 11.6. The molecule has 0 spiro atoms. The Hall–Kier alpha value is -2.80. The van der Waals surface area contributed by atoms with Crippen LogP contribution in [0.4, 0.5) is 0 Å². The van der Waals surface area contributed by atoms with Crippen LogP contribution in [-0.4, -0.2) is 28.0 Å². The highest BCUT2D eigenvalue weighted by atomic mass is 32.1. The lowest BCUT2D eigenvalue weighted by molar-refractivity contribution is -0.474. The fourth-order valence-electron chi connectivity index (χ4n) is 2.38. The quantitative estimate of drug-likeness (QED) is 0.455. The molecular weight excluding hydrogens is 326 g/mol. The molecule has 0 radical (unpaired) electrons. The molecular formula is C17H16N3O3S+. The molecule has 6 nitrogen and oxygen atoms in total. The first-order valence-electron chi connectivity index (χ1n) is 7.44. The molecule has 1 fully saturated rings. The molecule has 0 aliphatic carbocycles. The number of amides is 2. The monoisotopic (exact) mass is 342 g/mol. The lowest BCUT2D eigenvalue weighted by Gasteiger charge is -2.30. The van der Waals surface area contributed by atoms with Crippen molar-refractivity contribution >= 4 is 35.4 Å². The minimum absolute atomic E-state index is 0.129. The van der Waals surface area contributed by atoms with Gasteiger partial charge in [-0.25, -0.2) is 4.99 Å². The predicted molar refractivity (Wildman–Crippen MR) is 90.7 cm³/mol. The van der Waals surface area contributed by atoms with Crippen LogP contribution in [0.5, 0.6) is 0 Å². The summed E-state index contributed by atoms with van der Waals surface area (Å²) in [7, 11) is 0. The molecule has 0 bridgehead atoms. The zero-order valence-corrected chi connectivity index (χ0v) is 13.6. The van der Waals surface area contributed by atoms with Crippen LogP contribution in [0, 0.1) is 5.92 Å². The number of nitrogens with zero attached hydrogens (tertiary/aromatic N) is 1. The van der Waals surface area contributed by atoms with Gasteiger partial charge in [0.1, 0.15) is 0 Å². The molecule has 1 aliphatic heterocycles. The lowest BCUT2D eigenvalue weighted by Crippen LogP contribution is -2.71. The molecule has 24 heavy (non-hydrogen) atoms. The van der Waals surface area contributed by atoms with Gasteiger partial charge in [0.2, 0.25) is 5.91 Å². The SMILES string of the molecule is O=C1NC(=S)N(Cc2ccccc2)C(=O)[C@@H]1C=[NH+]Cc1ccco1. The Morgan fingerprint density at radius 1 is 1.21 bits per heavy atom. The molecule has 1 aromatic heterocycles. The van der Waals surface area contributed by atoms with E-state index in [-0.39, 0.29) is 11.0 Å². The van der Waals surface area contributed by atoms with Crippen molar-refractivity contribution in [2.45, 2.75) is 13.1 Å². The van der Waals surface area contributed by atoms with Crippen LogP contribution in [0.1, 0.15) is 11.3 Å². The van der Waals surface area contributed by atoms with E-state index >= 15 is 0 Å². The Morgan fingerprint density at radius 2 is 2.00 bits per heavy atom. The number of furan rings is 1. The molecule has 1 aromatic carbocycles. The van der Waals surface area contributed by atoms with Gasteiger partial charge in [0, 0.05) is 0 Å². The Labute approximate surface area is 144 Å². The molecule has 2 amide bonds. The fourth-order valence-corrected chi connectivity index (χ4v) is 2.64. The van der Waals surface area contributed by atoms with E-state index in [9.17, 15) is 9.59 Å². The molecule has 122 valence electrons. The highest BCUT2D eigenvalue weighted by Gasteiger charge is 2.39. The summed E-state index contributed by atoms with van der Waals surface area (Å²) in [6.07, 6.45) is 3.04. The van der Waals surface area contributed by atoms with Crippen molar-refractivity contribution in [1.29, 1.82) is 0 Å². The maximum Gasteiger partial charge on any atom is 0.251 e. The minimum Gasteiger partial charge on any atom is -0.463 e. The van der Waals surface area contributed by atoms with Crippen molar-refractivity contribution in [1.82, 2.24) is 10.2 Å². The van der Waals surface area contributed by atoms with E-state index in [2.05, 4.69) is 10.3 Å². The Kier molecular flexibility index (Phi) is 4.81. The average Bonchev–Trinajstić information content (AvgIpc) is 3.09. The van der Waals surface area contributed by atoms with Gasteiger partial charge >= 0.3 is 0 Å². The summed E-state index contributed by atoms with van der Waals surface area (Å²) >= 11 is 5.13. The van der Waals surface area contributed by atoms with E-state index in [0.717, 1.165) is 5.56 Å². The van der Waals surface area contributed by atoms with Crippen molar-refractivity contribution in [3.05, 3.63) is 60.1 Å². The van der Waals surface area contributed by atoms with Crippen LogP contribution < -0.4 is 10.3 Å². The van der Waals surface area contributed by atoms with Crippen LogP contribution >= 0.6 is 12.2 Å². The van der Waals surface area contributed by atoms with E-state index < -0.39 is 11.8 Å². The summed E-state index contributed by atoms with van der Waals surface area (Å²) in [5.41, 5.74) is 0.937. The molecule has 1 saturated heterocycles. The van der Waals surface area contributed by atoms with Crippen LogP contribution in [0.25, 0.3) is 0 Å². The average molecular weight is 342 g/mol. The number of hydrogen-bond acceptors (Lipinski definition) is 4. The lowest BCUT2D eigenvalue weighted by atomic mass is 10.1. The van der Waals surface area contributed by atoms with Crippen LogP contribution in [0.2, 0.25) is 0 Å². The highest BCUT2D eigenvalue weighted by molar-refractivity contribution is 7.80. The maximum absolute atomic E-state index is 12.6. The number of thiocarbonyl (C=S) groups is 1. The zero-order chi connectivity index (χ0) is 16.9. The van der Waals surface area contributed by atoms with Crippen molar-refractivity contribution in [2.75, 3.05) is 0 Å². The van der Waals surface area contributed by atoms with Gasteiger partial charge in [-0.15, -0.1) is 0 Å². The van der Waals surface area contributed by atoms with Crippen molar-refractivity contribution in [3.63, 3.8) is 0 Å². The second-order valence-electron chi connectivity index (χ2n) is 5.31. The van der Waals surface area contributed by atoms with E-state index in [1.807, 2.05) is 30.3 Å². The summed E-state index contributed by atoms with van der Waals surface area (Å²) in [4.78, 5) is 29.0. The van der Waals surface area contributed by atoms with Gasteiger partial charge in [0.25, 0.3) is 5.91 Å². The number of carbonyl (C=O) groups is 2. The maximum atomic E-state index is 12.6. The van der Waals surface area contributed by atoms with Crippen LogP contribution in [-0.2, 0) is 22.7 Å². The minimum atomic E-state index is -0.935. The summed E-state index contributed by atoms with van der Waals surface area (Å²) in [6, 6.07) is 13.1. The third-order valence-corrected chi connectivity index (χ3v) is 3.94. The van der Waals surface area contributed by atoms with Gasteiger partial charge < -0.3 is 9.73 Å². The topological polar surface area (TPSA) is 76.5 Å². The molecule has 1 aliphatic rings. The van der Waals surface area contributed by atoms with E-state index in [4.69, 9.17) is 16.6 Å². The first-order valence-corrected chi connectivity index (χ1v) is 7.85. The number of rotatable bonds is 5. The molecule has 2 aromatic rings. The van der Waals surface area contributed by atoms with Gasteiger partial charge in [-0.3, -0.25) is 14.5 Å². The highest BCUT2D eigenvalue weighted by Crippen LogP contribution is 2.13. The molecule has 1 atom stereocenters. The third-order valence-electron chi connectivity index (χ3n) is 3.61. The van der Waals surface area contributed by atoms with Gasteiger partial charge in [-0.2, -0.15) is 0 Å². The first kappa shape index (κ1) is 16.1. The second kappa shape index (κ2) is 7.18. The van der Waals surface area contributed by atoms with E-state index in [1.54, 1.807) is 18.4 Å². The summed E-state index contributed by atoms with van der Waals surface area (Å²) in [6.45, 7) is 0.717. The molecule has 0 unspecified atom stereocenters. The number of hydrogen-bond donors (Lipinski definition) is 2. The van der Waals surface area contributed by atoms with Crippen LogP contribution in [0.15, 0.2) is 53.1 Å². The summed E-state index contributed by atoms with van der Waals surface area (Å²) in [5, 5.41) is 2.71. The van der Waals surface area contributed by atoms with Crippen molar-refractivity contribution in [2.24, 2.45) is 5.92 Å². The summed E-state index contributed by atoms with van der Waals surface area (Å²) < 4.78 is 5.19. The molecule has 3 rings (SSSR count). The zero-order valence-electron chi connectivity index (χ0n) is 12.8. The Bertz CT molecular complexity index is 772. The predicted octanol–water partition coefficient (Wildman–Crippen LogP) is -0.00930. The van der Waals surface area contributed by atoms with Gasteiger partial charge in [0.05, 0.1) is 12.8 Å². The molecule has 0 saturated carbocycles. The molecule has 2 heterocycles. The second-order valence-corrected chi connectivity index (χ2v) is 5.70. The summed E-state index contributed by atoms with van der Waals surface area (Å²) in [5.74, 6) is -0.997. The Balaban J connectivity index is 1.72. The van der Waals surface area contributed by atoms with Gasteiger partial charge in [0.15, 0.2) is 29.5 Å². The van der Waals surface area contributed by atoms with Crippen LogP contribution in [0.3, 0.4) is 0 Å². The van der Waals surface area contributed by atoms with Crippen molar-refractivity contribution < 1.29 is 19.0 Å². The van der Waals surface area contributed by atoms with Crippen molar-refractivity contribution in [3.8, 4) is 0 Å². The Morgan fingerprint density at radius 3 is 2.71 bits per heavy atom. The normalized spacial score (nSPS) is 18.2. The fraction of sp³-hybridized carbons (Fsp3) is 0.176. The third kappa shape index (κ3) is 3.57. The van der Waals surface area contributed by atoms with E-state index in [0.29, 0.717) is 18.8 Å².